The van der Waals surface area contributed by atoms with Gasteiger partial charge in [0.05, 0.1) is 0 Å². The molecule has 0 heterocycles. The summed E-state index contributed by atoms with van der Waals surface area (Å²) in [4.78, 5) is 11.3. The van der Waals surface area contributed by atoms with E-state index in [1.54, 1.807) is 12.2 Å². The highest BCUT2D eigenvalue weighted by molar-refractivity contribution is 5.87. The highest BCUT2D eigenvalue weighted by Gasteiger charge is 1.95. The van der Waals surface area contributed by atoms with Crippen LogP contribution in [0.4, 0.5) is 0 Å². The second-order valence-corrected chi connectivity index (χ2v) is 4.68. The predicted molar refractivity (Wildman–Crippen MR) is 79.6 cm³/mol. The summed E-state index contributed by atoms with van der Waals surface area (Å²) in [5.74, 6) is 2.87. The molecule has 1 N–H and O–H groups in total. The number of terminal acetylenes is 1. The van der Waals surface area contributed by atoms with Crippen molar-refractivity contribution in [3.63, 3.8) is 0 Å². The molecule has 3 nitrogen and oxygen atoms in total. The molecular formula is C16H25NO2. The maximum atomic E-state index is 11.3. The van der Waals surface area contributed by atoms with Crippen LogP contribution < -0.4 is 5.32 Å². The first-order valence-electron chi connectivity index (χ1n) is 6.79. The minimum absolute atomic E-state index is 0.0407. The largest absolute Gasteiger partial charge is 0.369 e. The molecule has 0 aliphatic rings. The third-order valence-corrected chi connectivity index (χ3v) is 2.27. The Morgan fingerprint density at radius 1 is 1.37 bits per heavy atom. The third kappa shape index (κ3) is 14.4. The van der Waals surface area contributed by atoms with Crippen LogP contribution in [-0.4, -0.2) is 25.7 Å². The van der Waals surface area contributed by atoms with Gasteiger partial charge in [0.25, 0.3) is 0 Å². The van der Waals surface area contributed by atoms with Crippen molar-refractivity contribution in [2.24, 2.45) is 5.92 Å². The Kier molecular flexibility index (Phi) is 11.9. The first kappa shape index (κ1) is 17.5. The lowest BCUT2D eigenvalue weighted by molar-refractivity contribution is -0.116. The molecule has 0 rings (SSSR count). The van der Waals surface area contributed by atoms with Gasteiger partial charge in [-0.2, -0.15) is 0 Å². The van der Waals surface area contributed by atoms with Crippen LogP contribution in [0.15, 0.2) is 24.3 Å². The summed E-state index contributed by atoms with van der Waals surface area (Å²) in [7, 11) is 0. The minimum Gasteiger partial charge on any atom is -0.369 e. The van der Waals surface area contributed by atoms with Gasteiger partial charge in [0.2, 0.25) is 5.91 Å². The first-order chi connectivity index (χ1) is 9.16. The number of allylic oxidation sites excluding steroid dienone is 3. The lowest BCUT2D eigenvalue weighted by atomic mass is 10.2. The van der Waals surface area contributed by atoms with Crippen LogP contribution in [0.2, 0.25) is 0 Å². The van der Waals surface area contributed by atoms with Crippen LogP contribution in [-0.2, 0) is 9.53 Å². The number of hydrogen-bond acceptors (Lipinski definition) is 2. The van der Waals surface area contributed by atoms with Gasteiger partial charge in [0.15, 0.2) is 0 Å². The molecule has 19 heavy (non-hydrogen) atoms. The predicted octanol–water partition coefficient (Wildman–Crippen LogP) is 2.69. The molecule has 0 aromatic heterocycles. The molecule has 0 aliphatic carbocycles. The summed E-state index contributed by atoms with van der Waals surface area (Å²) in [6, 6.07) is 0. The maximum Gasteiger partial charge on any atom is 0.243 e. The van der Waals surface area contributed by atoms with E-state index in [0.717, 1.165) is 19.3 Å². The number of nitrogens with one attached hydrogen (secondary N) is 1. The molecule has 0 saturated carbocycles. The van der Waals surface area contributed by atoms with Crippen LogP contribution in [0, 0.1) is 18.3 Å². The summed E-state index contributed by atoms with van der Waals surface area (Å²) >= 11 is 0. The number of carbonyl (C=O) groups excluding carboxylic acids is 1. The molecule has 0 aromatic carbocycles. The standard InChI is InChI=1S/C16H25NO2/c1-4-12-19-13-10-8-6-5-7-9-11-16(18)17-14-15(2)3/h1,5,7,9,11,15H,6,8,10,12-14H2,2-3H3,(H,17,18). The zero-order valence-corrected chi connectivity index (χ0v) is 12.0. The lowest BCUT2D eigenvalue weighted by Crippen LogP contribution is -2.25. The van der Waals surface area contributed by atoms with Crippen LogP contribution in [0.3, 0.4) is 0 Å². The average Bonchev–Trinajstić information content (AvgIpc) is 2.38. The Labute approximate surface area is 117 Å². The average molecular weight is 263 g/mol. The van der Waals surface area contributed by atoms with E-state index in [1.807, 2.05) is 12.2 Å². The van der Waals surface area contributed by atoms with Crippen LogP contribution in [0.1, 0.15) is 33.1 Å². The molecule has 0 spiro atoms. The SMILES string of the molecule is C#CCOCCCCC=CC=CC(=O)NCC(C)C. The molecule has 0 aliphatic heterocycles. The third-order valence-electron chi connectivity index (χ3n) is 2.27. The van der Waals surface area contributed by atoms with E-state index in [4.69, 9.17) is 11.2 Å². The number of amides is 1. The number of ether oxygens (including phenoxy) is 1. The van der Waals surface area contributed by atoms with E-state index in [-0.39, 0.29) is 5.91 Å². The molecule has 0 atom stereocenters. The summed E-state index contributed by atoms with van der Waals surface area (Å²) < 4.78 is 5.16. The van der Waals surface area contributed by atoms with Crippen molar-refractivity contribution in [3.8, 4) is 12.3 Å². The molecule has 0 saturated heterocycles. The van der Waals surface area contributed by atoms with Gasteiger partial charge in [-0.1, -0.05) is 38.0 Å². The minimum atomic E-state index is -0.0407. The number of carbonyl (C=O) groups is 1. The fourth-order valence-electron chi connectivity index (χ4n) is 1.28. The molecule has 0 radical (unpaired) electrons. The van der Waals surface area contributed by atoms with Crippen molar-refractivity contribution >= 4 is 5.91 Å². The number of unbranched alkanes of at least 4 members (excludes halogenated alkanes) is 2. The first-order valence-corrected chi connectivity index (χ1v) is 6.79. The molecule has 106 valence electrons. The monoisotopic (exact) mass is 263 g/mol. The number of rotatable bonds is 10. The molecule has 0 bridgehead atoms. The van der Waals surface area contributed by atoms with Gasteiger partial charge in [-0.15, -0.1) is 6.42 Å². The maximum absolute atomic E-state index is 11.3. The second kappa shape index (κ2) is 12.9. The normalized spacial score (nSPS) is 11.3. The molecule has 0 aromatic rings. The van der Waals surface area contributed by atoms with Crippen molar-refractivity contribution in [2.45, 2.75) is 33.1 Å². The Hall–Kier alpha value is -1.53. The quantitative estimate of drug-likeness (QED) is 0.285. The fraction of sp³-hybridized carbons (Fsp3) is 0.562. The Morgan fingerprint density at radius 3 is 2.84 bits per heavy atom. The molecule has 1 amide bonds. The molecule has 0 unspecified atom stereocenters. The van der Waals surface area contributed by atoms with Gasteiger partial charge >= 0.3 is 0 Å². The van der Waals surface area contributed by atoms with Crippen LogP contribution in [0.5, 0.6) is 0 Å². The van der Waals surface area contributed by atoms with Crippen molar-refractivity contribution in [2.75, 3.05) is 19.8 Å². The van der Waals surface area contributed by atoms with E-state index in [9.17, 15) is 4.79 Å². The van der Waals surface area contributed by atoms with Gasteiger partial charge in [0.1, 0.15) is 6.61 Å². The van der Waals surface area contributed by atoms with Gasteiger partial charge < -0.3 is 10.1 Å². The highest BCUT2D eigenvalue weighted by Crippen LogP contribution is 1.97. The topological polar surface area (TPSA) is 38.3 Å². The van der Waals surface area contributed by atoms with Gasteiger partial charge in [-0.05, 0) is 25.2 Å². The smallest absolute Gasteiger partial charge is 0.243 e. The summed E-state index contributed by atoms with van der Waals surface area (Å²) in [6.07, 6.45) is 15.4. The van der Waals surface area contributed by atoms with E-state index in [2.05, 4.69) is 25.1 Å². The summed E-state index contributed by atoms with van der Waals surface area (Å²) in [5, 5.41) is 2.82. The van der Waals surface area contributed by atoms with Crippen LogP contribution >= 0.6 is 0 Å². The van der Waals surface area contributed by atoms with Crippen molar-refractivity contribution < 1.29 is 9.53 Å². The van der Waals surface area contributed by atoms with Gasteiger partial charge in [0, 0.05) is 19.2 Å². The lowest BCUT2D eigenvalue weighted by Gasteiger charge is -2.03. The van der Waals surface area contributed by atoms with Crippen molar-refractivity contribution in [1.82, 2.24) is 5.32 Å². The van der Waals surface area contributed by atoms with Crippen LogP contribution in [0.25, 0.3) is 0 Å². The zero-order valence-electron chi connectivity index (χ0n) is 12.0. The Balaban J connectivity index is 3.46. The molecule has 3 heteroatoms. The molecular weight excluding hydrogens is 238 g/mol. The van der Waals surface area contributed by atoms with Crippen molar-refractivity contribution in [1.29, 1.82) is 0 Å². The van der Waals surface area contributed by atoms with E-state index in [1.165, 1.54) is 0 Å². The van der Waals surface area contributed by atoms with E-state index in [0.29, 0.717) is 25.7 Å². The summed E-state index contributed by atoms with van der Waals surface area (Å²) in [5.41, 5.74) is 0. The van der Waals surface area contributed by atoms with E-state index < -0.39 is 0 Å². The fourth-order valence-corrected chi connectivity index (χ4v) is 1.28. The summed E-state index contributed by atoms with van der Waals surface area (Å²) in [6.45, 7) is 5.95. The van der Waals surface area contributed by atoms with Gasteiger partial charge in [-0.25, -0.2) is 0 Å². The Bertz CT molecular complexity index is 324. The Morgan fingerprint density at radius 2 is 2.16 bits per heavy atom. The van der Waals surface area contributed by atoms with E-state index >= 15 is 0 Å². The van der Waals surface area contributed by atoms with Gasteiger partial charge in [-0.3, -0.25) is 4.79 Å². The highest BCUT2D eigenvalue weighted by atomic mass is 16.5. The molecule has 0 fully saturated rings. The number of hydrogen-bond donors (Lipinski definition) is 1. The van der Waals surface area contributed by atoms with Crippen molar-refractivity contribution in [3.05, 3.63) is 24.3 Å². The zero-order chi connectivity index (χ0) is 14.3. The second-order valence-electron chi connectivity index (χ2n) is 4.68.